The molecule has 3 rings (SSSR count). The Balaban J connectivity index is 1.79. The molecule has 0 bridgehead atoms. The third kappa shape index (κ3) is 2.62. The van der Waals surface area contributed by atoms with Gasteiger partial charge in [-0.2, -0.15) is 0 Å². The molecule has 1 aliphatic carbocycles. The van der Waals surface area contributed by atoms with Crippen molar-refractivity contribution in [2.24, 2.45) is 0 Å². The Hall–Kier alpha value is -2.03. The lowest BCUT2D eigenvalue weighted by Gasteiger charge is -2.24. The third-order valence-electron chi connectivity index (χ3n) is 3.94. The van der Waals surface area contributed by atoms with Gasteiger partial charge in [-0.05, 0) is 48.4 Å². The first-order valence-electron chi connectivity index (χ1n) is 6.96. The van der Waals surface area contributed by atoms with E-state index in [4.69, 9.17) is 0 Å². The van der Waals surface area contributed by atoms with Crippen molar-refractivity contribution in [2.75, 3.05) is 0 Å². The summed E-state index contributed by atoms with van der Waals surface area (Å²) < 4.78 is 12.8. The molecule has 1 aliphatic rings. The smallest absolute Gasteiger partial charge is 0.181 e. The van der Waals surface area contributed by atoms with Gasteiger partial charge in [-0.3, -0.25) is 9.78 Å². The van der Waals surface area contributed by atoms with E-state index in [2.05, 4.69) is 17.1 Å². The highest BCUT2D eigenvalue weighted by Gasteiger charge is 2.23. The van der Waals surface area contributed by atoms with E-state index in [-0.39, 0.29) is 11.7 Å². The van der Waals surface area contributed by atoms with Gasteiger partial charge in [0.05, 0.1) is 6.20 Å². The summed E-state index contributed by atoms with van der Waals surface area (Å²) in [6.45, 7) is 0. The molecular formula is C17H16FNO. The highest BCUT2D eigenvalue weighted by atomic mass is 19.1. The molecule has 0 saturated carbocycles. The molecule has 0 N–H and O–H groups in total. The number of pyridine rings is 1. The van der Waals surface area contributed by atoms with Gasteiger partial charge in [0.15, 0.2) is 5.78 Å². The second-order valence-corrected chi connectivity index (χ2v) is 5.28. The molecule has 0 spiro atoms. The molecule has 1 aromatic heterocycles. The molecule has 20 heavy (non-hydrogen) atoms. The number of hydrogen-bond donors (Lipinski definition) is 0. The van der Waals surface area contributed by atoms with Crippen LogP contribution in [0.1, 0.15) is 46.8 Å². The number of benzene rings is 1. The molecular weight excluding hydrogens is 253 g/mol. The van der Waals surface area contributed by atoms with Crippen LogP contribution in [0.15, 0.2) is 42.6 Å². The second kappa shape index (κ2) is 5.53. The van der Waals surface area contributed by atoms with Crippen molar-refractivity contribution in [3.8, 4) is 0 Å². The van der Waals surface area contributed by atoms with Crippen molar-refractivity contribution in [3.05, 3.63) is 65.2 Å². The summed E-state index contributed by atoms with van der Waals surface area (Å²) in [6.07, 6.45) is 4.79. The van der Waals surface area contributed by atoms with Gasteiger partial charge in [-0.15, -0.1) is 0 Å². The van der Waals surface area contributed by atoms with Crippen LogP contribution in [0, 0.1) is 5.82 Å². The molecule has 0 saturated heterocycles. The number of rotatable bonds is 3. The zero-order chi connectivity index (χ0) is 13.9. The topological polar surface area (TPSA) is 30.0 Å². The summed E-state index contributed by atoms with van der Waals surface area (Å²) in [4.78, 5) is 16.1. The molecule has 2 aromatic rings. The minimum absolute atomic E-state index is 0.00768. The van der Waals surface area contributed by atoms with Crippen LogP contribution in [0.5, 0.6) is 0 Å². The Labute approximate surface area is 117 Å². The number of Topliss-reactive ketones (excluding diaryl/α,β-unsaturated/α-hetero) is 1. The van der Waals surface area contributed by atoms with Crippen molar-refractivity contribution in [1.29, 1.82) is 0 Å². The lowest BCUT2D eigenvalue weighted by molar-refractivity contribution is 0.0966. The fraction of sp³-hybridized carbons (Fsp3) is 0.294. The first-order chi connectivity index (χ1) is 9.74. The average Bonchev–Trinajstić information content (AvgIpc) is 2.48. The van der Waals surface area contributed by atoms with Crippen molar-refractivity contribution in [3.63, 3.8) is 0 Å². The maximum Gasteiger partial charge on any atom is 0.181 e. The molecule has 3 heteroatoms. The third-order valence-corrected chi connectivity index (χ3v) is 3.94. The van der Waals surface area contributed by atoms with Crippen LogP contribution in [-0.4, -0.2) is 10.8 Å². The van der Waals surface area contributed by atoms with E-state index in [0.29, 0.717) is 12.1 Å². The Morgan fingerprint density at radius 1 is 1.25 bits per heavy atom. The number of nitrogens with zero attached hydrogens (tertiary/aromatic N) is 1. The van der Waals surface area contributed by atoms with Crippen LogP contribution in [0.4, 0.5) is 4.39 Å². The minimum Gasteiger partial charge on any atom is -0.292 e. The number of carbonyl (C=O) groups excluding carboxylic acids is 1. The number of ketones is 1. The summed E-state index contributed by atoms with van der Waals surface area (Å²) in [6, 6.07) is 11.1. The van der Waals surface area contributed by atoms with Crippen LogP contribution < -0.4 is 0 Å². The van der Waals surface area contributed by atoms with E-state index in [0.717, 1.165) is 25.5 Å². The van der Waals surface area contributed by atoms with E-state index in [1.54, 1.807) is 0 Å². The molecule has 1 unspecified atom stereocenters. The molecule has 1 aromatic carbocycles. The van der Waals surface area contributed by atoms with Crippen LogP contribution in [0.25, 0.3) is 0 Å². The zero-order valence-corrected chi connectivity index (χ0v) is 11.2. The maximum absolute atomic E-state index is 12.8. The van der Waals surface area contributed by atoms with Crippen molar-refractivity contribution in [2.45, 2.75) is 31.6 Å². The monoisotopic (exact) mass is 269 g/mol. The standard InChI is InChI=1S/C17H16FNO/c18-14-8-9-16(19-11-14)17(20)10-13-6-3-5-12-4-1-2-7-15(12)13/h1-2,4,7-9,11,13H,3,5-6,10H2. The summed E-state index contributed by atoms with van der Waals surface area (Å²) in [5.41, 5.74) is 2.99. The second-order valence-electron chi connectivity index (χ2n) is 5.28. The van der Waals surface area contributed by atoms with Crippen LogP contribution in [0.3, 0.4) is 0 Å². The van der Waals surface area contributed by atoms with Gasteiger partial charge >= 0.3 is 0 Å². The molecule has 0 aliphatic heterocycles. The fourth-order valence-electron chi connectivity index (χ4n) is 2.94. The highest BCUT2D eigenvalue weighted by Crippen LogP contribution is 2.34. The van der Waals surface area contributed by atoms with Gasteiger partial charge < -0.3 is 0 Å². The molecule has 0 radical (unpaired) electrons. The predicted molar refractivity (Wildman–Crippen MR) is 75.3 cm³/mol. The van der Waals surface area contributed by atoms with Gasteiger partial charge in [-0.1, -0.05) is 24.3 Å². The number of hydrogen-bond acceptors (Lipinski definition) is 2. The number of aromatic nitrogens is 1. The van der Waals surface area contributed by atoms with Crippen molar-refractivity contribution < 1.29 is 9.18 Å². The number of carbonyl (C=O) groups is 1. The van der Waals surface area contributed by atoms with E-state index < -0.39 is 5.82 Å². The molecule has 0 fully saturated rings. The lowest BCUT2D eigenvalue weighted by atomic mass is 9.80. The molecule has 1 atom stereocenters. The van der Waals surface area contributed by atoms with Crippen LogP contribution >= 0.6 is 0 Å². The van der Waals surface area contributed by atoms with Gasteiger partial charge in [0.25, 0.3) is 0 Å². The van der Waals surface area contributed by atoms with E-state index >= 15 is 0 Å². The molecule has 1 heterocycles. The first kappa shape index (κ1) is 13.0. The number of halogens is 1. The zero-order valence-electron chi connectivity index (χ0n) is 11.2. The van der Waals surface area contributed by atoms with Crippen molar-refractivity contribution in [1.82, 2.24) is 4.98 Å². The number of fused-ring (bicyclic) bond motifs is 1. The van der Waals surface area contributed by atoms with E-state index in [9.17, 15) is 9.18 Å². The molecule has 2 nitrogen and oxygen atoms in total. The summed E-state index contributed by atoms with van der Waals surface area (Å²) in [7, 11) is 0. The summed E-state index contributed by atoms with van der Waals surface area (Å²) in [5, 5.41) is 0. The number of aryl methyl sites for hydroxylation is 1. The van der Waals surface area contributed by atoms with Gasteiger partial charge in [0, 0.05) is 6.42 Å². The lowest BCUT2D eigenvalue weighted by Crippen LogP contribution is -2.14. The summed E-state index contributed by atoms with van der Waals surface area (Å²) >= 11 is 0. The first-order valence-corrected chi connectivity index (χ1v) is 6.96. The minimum atomic E-state index is -0.412. The Morgan fingerprint density at radius 3 is 2.90 bits per heavy atom. The Morgan fingerprint density at radius 2 is 2.10 bits per heavy atom. The highest BCUT2D eigenvalue weighted by molar-refractivity contribution is 5.94. The van der Waals surface area contributed by atoms with Crippen LogP contribution in [-0.2, 0) is 6.42 Å². The van der Waals surface area contributed by atoms with Crippen molar-refractivity contribution >= 4 is 5.78 Å². The van der Waals surface area contributed by atoms with E-state index in [1.165, 1.54) is 23.3 Å². The van der Waals surface area contributed by atoms with Crippen LogP contribution in [0.2, 0.25) is 0 Å². The van der Waals surface area contributed by atoms with E-state index in [1.807, 2.05) is 12.1 Å². The SMILES string of the molecule is O=C(CC1CCCc2ccccc21)c1ccc(F)cn1. The maximum atomic E-state index is 12.8. The normalized spacial score (nSPS) is 17.6. The fourth-order valence-corrected chi connectivity index (χ4v) is 2.94. The Bertz CT molecular complexity index is 621. The molecule has 0 amide bonds. The largest absolute Gasteiger partial charge is 0.292 e. The van der Waals surface area contributed by atoms with Gasteiger partial charge in [0.2, 0.25) is 0 Å². The predicted octanol–water partition coefficient (Wildman–Crippen LogP) is 3.91. The quantitative estimate of drug-likeness (QED) is 0.791. The van der Waals surface area contributed by atoms with Gasteiger partial charge in [0.1, 0.15) is 11.5 Å². The molecule has 102 valence electrons. The average molecular weight is 269 g/mol. The Kier molecular flexibility index (Phi) is 3.59. The summed E-state index contributed by atoms with van der Waals surface area (Å²) in [5.74, 6) is -0.157. The van der Waals surface area contributed by atoms with Gasteiger partial charge in [-0.25, -0.2) is 4.39 Å².